The predicted molar refractivity (Wildman–Crippen MR) is 99.5 cm³/mol. The lowest BCUT2D eigenvalue weighted by molar-refractivity contribution is 0.284. The number of rotatable bonds is 8. The zero-order chi connectivity index (χ0) is 17.6. The molecular weight excluding hydrogens is 314 g/mol. The Morgan fingerprint density at radius 2 is 1.92 bits per heavy atom. The number of aryl methyl sites for hydroxylation is 1. The minimum atomic E-state index is 0.200. The van der Waals surface area contributed by atoms with E-state index in [2.05, 4.69) is 45.8 Å². The van der Waals surface area contributed by atoms with Crippen LogP contribution in [-0.2, 0) is 13.0 Å². The van der Waals surface area contributed by atoms with Crippen molar-refractivity contribution in [2.75, 3.05) is 11.9 Å². The first-order valence-electron chi connectivity index (χ1n) is 8.81. The van der Waals surface area contributed by atoms with Crippen molar-refractivity contribution < 1.29 is 5.11 Å². The van der Waals surface area contributed by atoms with Crippen LogP contribution < -0.4 is 5.32 Å². The second-order valence-corrected chi connectivity index (χ2v) is 6.43. The molecule has 0 radical (unpaired) electrons. The molecule has 3 rings (SSSR count). The van der Waals surface area contributed by atoms with Gasteiger partial charge in [0.15, 0.2) is 11.5 Å². The Kier molecular flexibility index (Phi) is 5.60. The summed E-state index contributed by atoms with van der Waals surface area (Å²) in [7, 11) is 0. The molecule has 0 spiro atoms. The van der Waals surface area contributed by atoms with Crippen LogP contribution in [0.3, 0.4) is 0 Å². The number of aliphatic hydroxyl groups excluding tert-OH is 1. The van der Waals surface area contributed by atoms with Crippen molar-refractivity contribution in [2.45, 2.75) is 45.7 Å². The van der Waals surface area contributed by atoms with E-state index in [4.69, 9.17) is 10.1 Å². The molecule has 6 heteroatoms. The number of imidazole rings is 1. The molecule has 132 valence electrons. The van der Waals surface area contributed by atoms with Crippen LogP contribution in [0.15, 0.2) is 36.7 Å². The molecule has 2 aromatic heterocycles. The minimum Gasteiger partial charge on any atom is -0.396 e. The number of hydrogen-bond donors (Lipinski definition) is 2. The summed E-state index contributed by atoms with van der Waals surface area (Å²) >= 11 is 0. The molecule has 2 N–H and O–H groups in total. The Hall–Kier alpha value is -2.47. The molecule has 0 aliphatic heterocycles. The van der Waals surface area contributed by atoms with Gasteiger partial charge in [0.1, 0.15) is 11.3 Å². The summed E-state index contributed by atoms with van der Waals surface area (Å²) < 4.78 is 2.07. The van der Waals surface area contributed by atoms with Crippen molar-refractivity contribution in [3.05, 3.63) is 48.0 Å². The predicted octanol–water partition coefficient (Wildman–Crippen LogP) is 3.33. The SMILES string of the molecule is CC(C)n1cnc2c(NCc3ccccc3)nc(CCCCO)nc21. The van der Waals surface area contributed by atoms with Crippen molar-refractivity contribution in [1.82, 2.24) is 19.5 Å². The van der Waals surface area contributed by atoms with Crippen LogP contribution >= 0.6 is 0 Å². The highest BCUT2D eigenvalue weighted by molar-refractivity contribution is 5.83. The first kappa shape index (κ1) is 17.4. The highest BCUT2D eigenvalue weighted by Gasteiger charge is 2.14. The largest absolute Gasteiger partial charge is 0.396 e. The van der Waals surface area contributed by atoms with Gasteiger partial charge in [-0.05, 0) is 32.3 Å². The number of unbranched alkanes of at least 4 members (excludes halogenated alkanes) is 1. The maximum Gasteiger partial charge on any atom is 0.166 e. The Morgan fingerprint density at radius 1 is 1.12 bits per heavy atom. The quantitative estimate of drug-likeness (QED) is 0.616. The Labute approximate surface area is 148 Å². The molecule has 6 nitrogen and oxygen atoms in total. The van der Waals surface area contributed by atoms with Crippen LogP contribution in [0.1, 0.15) is 44.1 Å². The third-order valence-electron chi connectivity index (χ3n) is 4.14. The second kappa shape index (κ2) is 8.07. The van der Waals surface area contributed by atoms with Gasteiger partial charge in [-0.15, -0.1) is 0 Å². The molecule has 0 aliphatic rings. The van der Waals surface area contributed by atoms with Gasteiger partial charge in [-0.3, -0.25) is 0 Å². The number of benzene rings is 1. The Balaban J connectivity index is 1.91. The van der Waals surface area contributed by atoms with Crippen molar-refractivity contribution in [3.63, 3.8) is 0 Å². The molecule has 0 bridgehead atoms. The van der Waals surface area contributed by atoms with Gasteiger partial charge in [-0.2, -0.15) is 0 Å². The van der Waals surface area contributed by atoms with E-state index >= 15 is 0 Å². The smallest absolute Gasteiger partial charge is 0.166 e. The van der Waals surface area contributed by atoms with Gasteiger partial charge in [0, 0.05) is 25.6 Å². The number of anilines is 1. The van der Waals surface area contributed by atoms with Crippen LogP contribution in [0, 0.1) is 0 Å². The van der Waals surface area contributed by atoms with E-state index in [0.29, 0.717) is 6.54 Å². The molecule has 0 atom stereocenters. The molecule has 0 saturated heterocycles. The molecule has 1 aromatic carbocycles. The van der Waals surface area contributed by atoms with Crippen molar-refractivity contribution in [2.24, 2.45) is 0 Å². The zero-order valence-electron chi connectivity index (χ0n) is 14.8. The fraction of sp³-hybridized carbons (Fsp3) is 0.421. The summed E-state index contributed by atoms with van der Waals surface area (Å²) in [5, 5.41) is 12.4. The summed E-state index contributed by atoms with van der Waals surface area (Å²) in [6, 6.07) is 10.5. The van der Waals surface area contributed by atoms with Crippen molar-refractivity contribution >= 4 is 17.0 Å². The summed E-state index contributed by atoms with van der Waals surface area (Å²) in [5.74, 6) is 1.56. The zero-order valence-corrected chi connectivity index (χ0v) is 14.8. The molecular formula is C19H25N5O. The highest BCUT2D eigenvalue weighted by Crippen LogP contribution is 2.23. The third kappa shape index (κ3) is 4.14. The van der Waals surface area contributed by atoms with Gasteiger partial charge in [-0.1, -0.05) is 30.3 Å². The maximum atomic E-state index is 9.00. The molecule has 3 aromatic rings. The molecule has 0 aliphatic carbocycles. The summed E-state index contributed by atoms with van der Waals surface area (Å²) in [4.78, 5) is 13.9. The van der Waals surface area contributed by atoms with E-state index < -0.39 is 0 Å². The average Bonchev–Trinajstić information content (AvgIpc) is 3.05. The van der Waals surface area contributed by atoms with E-state index in [0.717, 1.165) is 42.1 Å². The number of hydrogen-bond acceptors (Lipinski definition) is 5. The number of nitrogens with zero attached hydrogens (tertiary/aromatic N) is 4. The van der Waals surface area contributed by atoms with Crippen molar-refractivity contribution in [3.8, 4) is 0 Å². The first-order chi connectivity index (χ1) is 12.2. The number of fused-ring (bicyclic) bond motifs is 1. The Bertz CT molecular complexity index is 813. The monoisotopic (exact) mass is 339 g/mol. The number of aliphatic hydroxyl groups is 1. The Morgan fingerprint density at radius 3 is 2.64 bits per heavy atom. The lowest BCUT2D eigenvalue weighted by Gasteiger charge is -2.11. The average molecular weight is 339 g/mol. The fourth-order valence-corrected chi connectivity index (χ4v) is 2.75. The van der Waals surface area contributed by atoms with Gasteiger partial charge in [-0.25, -0.2) is 15.0 Å². The molecule has 0 unspecified atom stereocenters. The van der Waals surface area contributed by atoms with Gasteiger partial charge in [0.2, 0.25) is 0 Å². The number of aromatic nitrogens is 4. The van der Waals surface area contributed by atoms with Crippen LogP contribution in [-0.4, -0.2) is 31.2 Å². The van der Waals surface area contributed by atoms with Crippen LogP contribution in [0.4, 0.5) is 5.82 Å². The summed E-state index contributed by atoms with van der Waals surface area (Å²) in [6.07, 6.45) is 4.21. The second-order valence-electron chi connectivity index (χ2n) is 6.43. The van der Waals surface area contributed by atoms with Crippen molar-refractivity contribution in [1.29, 1.82) is 0 Å². The van der Waals surface area contributed by atoms with Crippen LogP contribution in [0.25, 0.3) is 11.2 Å². The highest BCUT2D eigenvalue weighted by atomic mass is 16.2. The van der Waals surface area contributed by atoms with Gasteiger partial charge in [0.05, 0.1) is 6.33 Å². The fourth-order valence-electron chi connectivity index (χ4n) is 2.75. The van der Waals surface area contributed by atoms with E-state index in [9.17, 15) is 0 Å². The molecule has 0 amide bonds. The first-order valence-corrected chi connectivity index (χ1v) is 8.81. The van der Waals surface area contributed by atoms with E-state index in [1.807, 2.05) is 24.5 Å². The minimum absolute atomic E-state index is 0.200. The lowest BCUT2D eigenvalue weighted by atomic mass is 10.2. The number of nitrogens with one attached hydrogen (secondary N) is 1. The standard InChI is InChI=1S/C19H25N5O/c1-14(2)24-13-21-17-18(20-12-15-8-4-3-5-9-15)22-16(23-19(17)24)10-6-7-11-25/h3-5,8-9,13-14,25H,6-7,10-12H2,1-2H3,(H,20,22,23). The van der Waals surface area contributed by atoms with Crippen LogP contribution in [0.5, 0.6) is 0 Å². The van der Waals surface area contributed by atoms with E-state index in [1.54, 1.807) is 0 Å². The topological polar surface area (TPSA) is 75.9 Å². The molecule has 25 heavy (non-hydrogen) atoms. The molecule has 2 heterocycles. The third-order valence-corrected chi connectivity index (χ3v) is 4.14. The van der Waals surface area contributed by atoms with Gasteiger partial charge < -0.3 is 15.0 Å². The summed E-state index contributed by atoms with van der Waals surface area (Å²) in [5.41, 5.74) is 2.86. The normalized spacial score (nSPS) is 11.4. The maximum absolute atomic E-state index is 9.00. The lowest BCUT2D eigenvalue weighted by Crippen LogP contribution is -2.08. The van der Waals surface area contributed by atoms with E-state index in [-0.39, 0.29) is 12.6 Å². The molecule has 0 fully saturated rings. The van der Waals surface area contributed by atoms with Gasteiger partial charge >= 0.3 is 0 Å². The molecule has 0 saturated carbocycles. The van der Waals surface area contributed by atoms with Crippen LogP contribution in [0.2, 0.25) is 0 Å². The summed E-state index contributed by atoms with van der Waals surface area (Å²) in [6.45, 7) is 5.13. The van der Waals surface area contributed by atoms with E-state index in [1.165, 1.54) is 5.56 Å². The van der Waals surface area contributed by atoms with Gasteiger partial charge in [0.25, 0.3) is 0 Å².